The van der Waals surface area contributed by atoms with Crippen molar-refractivity contribution in [2.24, 2.45) is 0 Å². The molecule has 2 N–H and O–H groups in total. The van der Waals surface area contributed by atoms with E-state index in [2.05, 4.69) is 41.4 Å². The number of hydrogen-bond acceptors (Lipinski definition) is 5. The summed E-state index contributed by atoms with van der Waals surface area (Å²) in [6.07, 6.45) is 1.07. The molecule has 0 aromatic carbocycles. The van der Waals surface area contributed by atoms with Crippen molar-refractivity contribution in [2.45, 2.75) is 39.7 Å². The van der Waals surface area contributed by atoms with Crippen LogP contribution in [0.5, 0.6) is 0 Å². The monoisotopic (exact) mass is 324 g/mol. The van der Waals surface area contributed by atoms with Crippen LogP contribution in [0.3, 0.4) is 0 Å². The molecule has 4 nitrogen and oxygen atoms in total. The zero-order chi connectivity index (χ0) is 15.2. The fourth-order valence-electron chi connectivity index (χ4n) is 1.78. The summed E-state index contributed by atoms with van der Waals surface area (Å²) in [6.45, 7) is 7.97. The van der Waals surface area contributed by atoms with Crippen LogP contribution < -0.4 is 10.6 Å². The van der Waals surface area contributed by atoms with Crippen molar-refractivity contribution in [3.63, 3.8) is 0 Å². The van der Waals surface area contributed by atoms with E-state index in [1.54, 1.807) is 11.3 Å². The van der Waals surface area contributed by atoms with Crippen molar-refractivity contribution in [3.05, 3.63) is 33.2 Å². The number of hydrogen-bond donors (Lipinski definition) is 2. The van der Waals surface area contributed by atoms with E-state index in [9.17, 15) is 0 Å². The molecule has 0 aliphatic rings. The minimum Gasteiger partial charge on any atom is -0.370 e. The molecule has 0 unspecified atom stereocenters. The van der Waals surface area contributed by atoms with Gasteiger partial charge in [0.2, 0.25) is 0 Å². The molecule has 2 aromatic heterocycles. The van der Waals surface area contributed by atoms with Gasteiger partial charge in [-0.2, -0.15) is 0 Å². The fourth-order valence-corrected chi connectivity index (χ4v) is 2.81. The number of aromatic nitrogens is 2. The predicted octanol–water partition coefficient (Wildman–Crippen LogP) is 4.75. The predicted molar refractivity (Wildman–Crippen MR) is 91.6 cm³/mol. The quantitative estimate of drug-likeness (QED) is 0.771. The van der Waals surface area contributed by atoms with Crippen LogP contribution in [0.4, 0.5) is 11.6 Å². The Bertz CT molecular complexity index is 583. The van der Waals surface area contributed by atoms with E-state index in [1.165, 1.54) is 4.88 Å². The van der Waals surface area contributed by atoms with Gasteiger partial charge in [0.1, 0.15) is 17.5 Å². The third-order valence-corrected chi connectivity index (χ3v) is 4.12. The molecule has 0 aliphatic carbocycles. The van der Waals surface area contributed by atoms with Gasteiger partial charge in [-0.25, -0.2) is 9.97 Å². The second-order valence-electron chi connectivity index (χ2n) is 5.14. The molecule has 114 valence electrons. The number of anilines is 2. The molecule has 0 fully saturated rings. The molecule has 6 heteroatoms. The second-order valence-corrected chi connectivity index (χ2v) is 6.94. The zero-order valence-electron chi connectivity index (χ0n) is 12.6. The molecular weight excluding hydrogens is 304 g/mol. The van der Waals surface area contributed by atoms with Gasteiger partial charge in [-0.3, -0.25) is 0 Å². The van der Waals surface area contributed by atoms with Gasteiger partial charge >= 0.3 is 0 Å². The van der Waals surface area contributed by atoms with Gasteiger partial charge in [0.25, 0.3) is 0 Å². The Hall–Kier alpha value is -1.33. The molecule has 0 spiro atoms. The molecule has 0 amide bonds. The molecule has 0 aliphatic heterocycles. The normalized spacial score (nSPS) is 10.9. The maximum absolute atomic E-state index is 5.95. The van der Waals surface area contributed by atoms with Crippen molar-refractivity contribution in [3.8, 4) is 0 Å². The van der Waals surface area contributed by atoms with Crippen molar-refractivity contribution >= 4 is 34.6 Å². The largest absolute Gasteiger partial charge is 0.370 e. The maximum Gasteiger partial charge on any atom is 0.135 e. The average Bonchev–Trinajstić information content (AvgIpc) is 2.88. The van der Waals surface area contributed by atoms with Gasteiger partial charge in [0.05, 0.1) is 10.9 Å². The van der Waals surface area contributed by atoms with Crippen LogP contribution in [-0.4, -0.2) is 16.5 Å². The molecular formula is C15H21ClN4S. The lowest BCUT2D eigenvalue weighted by molar-refractivity contribution is 0.774. The third-order valence-electron chi connectivity index (χ3n) is 2.89. The van der Waals surface area contributed by atoms with E-state index in [-0.39, 0.29) is 0 Å². The molecule has 2 rings (SSSR count). The molecule has 21 heavy (non-hydrogen) atoms. The van der Waals surface area contributed by atoms with E-state index in [0.717, 1.165) is 41.3 Å². The molecule has 2 aromatic rings. The first-order valence-electron chi connectivity index (χ1n) is 7.19. The van der Waals surface area contributed by atoms with Crippen LogP contribution in [0.25, 0.3) is 0 Å². The first kappa shape index (κ1) is 16.0. The Morgan fingerprint density at radius 2 is 1.90 bits per heavy atom. The number of halogens is 1. The highest BCUT2D eigenvalue weighted by molar-refractivity contribution is 7.16. The Labute approximate surface area is 135 Å². The summed E-state index contributed by atoms with van der Waals surface area (Å²) in [4.78, 5) is 10.3. The van der Waals surface area contributed by atoms with Crippen LogP contribution in [0.2, 0.25) is 4.34 Å². The van der Waals surface area contributed by atoms with E-state index < -0.39 is 0 Å². The lowest BCUT2D eigenvalue weighted by Gasteiger charge is -2.12. The summed E-state index contributed by atoms with van der Waals surface area (Å²) < 4.78 is 0.808. The fraction of sp³-hybridized carbons (Fsp3) is 0.467. The Morgan fingerprint density at radius 3 is 2.48 bits per heavy atom. The van der Waals surface area contributed by atoms with Crippen molar-refractivity contribution in [2.75, 3.05) is 17.2 Å². The summed E-state index contributed by atoms with van der Waals surface area (Å²) in [5.74, 6) is 2.87. The van der Waals surface area contributed by atoms with Gasteiger partial charge in [-0.15, -0.1) is 11.3 Å². The maximum atomic E-state index is 5.95. The summed E-state index contributed by atoms with van der Waals surface area (Å²) >= 11 is 7.53. The van der Waals surface area contributed by atoms with E-state index in [0.29, 0.717) is 5.92 Å². The number of nitrogens with one attached hydrogen (secondary N) is 2. The lowest BCUT2D eigenvalue weighted by atomic mass is 10.2. The van der Waals surface area contributed by atoms with Crippen molar-refractivity contribution in [1.29, 1.82) is 0 Å². The second kappa shape index (κ2) is 7.61. The molecule has 0 radical (unpaired) electrons. The van der Waals surface area contributed by atoms with Gasteiger partial charge in [-0.1, -0.05) is 32.4 Å². The van der Waals surface area contributed by atoms with Gasteiger partial charge in [0.15, 0.2) is 0 Å². The topological polar surface area (TPSA) is 49.8 Å². The van der Waals surface area contributed by atoms with E-state index >= 15 is 0 Å². The highest BCUT2D eigenvalue weighted by atomic mass is 35.5. The average molecular weight is 325 g/mol. The summed E-state index contributed by atoms with van der Waals surface area (Å²) in [5, 5.41) is 6.67. The van der Waals surface area contributed by atoms with Crippen LogP contribution in [0, 0.1) is 0 Å². The van der Waals surface area contributed by atoms with Gasteiger partial charge < -0.3 is 10.6 Å². The summed E-state index contributed by atoms with van der Waals surface area (Å²) in [5.41, 5.74) is 0. The molecule has 2 heterocycles. The zero-order valence-corrected chi connectivity index (χ0v) is 14.2. The van der Waals surface area contributed by atoms with Crippen LogP contribution >= 0.6 is 22.9 Å². The van der Waals surface area contributed by atoms with Crippen molar-refractivity contribution < 1.29 is 0 Å². The van der Waals surface area contributed by atoms with Crippen LogP contribution in [0.15, 0.2) is 18.2 Å². The number of rotatable bonds is 7. The highest BCUT2D eigenvalue weighted by Crippen LogP contribution is 2.23. The summed E-state index contributed by atoms with van der Waals surface area (Å²) in [7, 11) is 0. The van der Waals surface area contributed by atoms with E-state index in [4.69, 9.17) is 11.6 Å². The van der Waals surface area contributed by atoms with Crippen LogP contribution in [-0.2, 0) is 6.54 Å². The Balaban J connectivity index is 2.11. The SMILES string of the molecule is CCCNc1cc(NCc2ccc(Cl)s2)nc(C(C)C)n1. The number of thiophene rings is 1. The number of nitrogens with zero attached hydrogens (tertiary/aromatic N) is 2. The minimum atomic E-state index is 0.296. The standard InChI is InChI=1S/C15H21ClN4S/c1-4-7-17-13-8-14(20-15(19-13)10(2)3)18-9-11-5-6-12(16)21-11/h5-6,8,10H,4,7,9H2,1-3H3,(H2,17,18,19,20). The lowest BCUT2D eigenvalue weighted by Crippen LogP contribution is -2.09. The highest BCUT2D eigenvalue weighted by Gasteiger charge is 2.08. The molecule has 0 saturated heterocycles. The smallest absolute Gasteiger partial charge is 0.135 e. The van der Waals surface area contributed by atoms with Crippen molar-refractivity contribution in [1.82, 2.24) is 9.97 Å². The summed E-state index contributed by atoms with van der Waals surface area (Å²) in [6, 6.07) is 5.90. The van der Waals surface area contributed by atoms with Crippen LogP contribution in [0.1, 0.15) is 43.8 Å². The molecule has 0 bridgehead atoms. The van der Waals surface area contributed by atoms with Gasteiger partial charge in [-0.05, 0) is 18.6 Å². The minimum absolute atomic E-state index is 0.296. The Morgan fingerprint density at radius 1 is 1.19 bits per heavy atom. The van der Waals surface area contributed by atoms with E-state index in [1.807, 2.05) is 18.2 Å². The third kappa shape index (κ3) is 4.86. The molecule has 0 saturated carbocycles. The van der Waals surface area contributed by atoms with Gasteiger partial charge in [0, 0.05) is 23.4 Å². The first-order valence-corrected chi connectivity index (χ1v) is 8.39. The Kier molecular flexibility index (Phi) is 5.82. The first-order chi connectivity index (χ1) is 10.1. The molecule has 0 atom stereocenters.